The highest BCUT2D eigenvalue weighted by Gasteiger charge is 2.09. The molecule has 0 spiro atoms. The fraction of sp³-hybridized carbons (Fsp3) is 0.429. The Morgan fingerprint density at radius 1 is 0.750 bits per heavy atom. The van der Waals surface area contributed by atoms with E-state index in [0.29, 0.717) is 12.1 Å². The first-order valence-electron chi connectivity index (χ1n) is 8.62. The lowest BCUT2D eigenvalue weighted by atomic mass is 10.0. The molecule has 1 N–H and O–H groups in total. The van der Waals surface area contributed by atoms with Crippen molar-refractivity contribution in [1.29, 1.82) is 0 Å². The third kappa shape index (κ3) is 5.89. The number of benzene rings is 2. The predicted octanol–water partition coefficient (Wildman–Crippen LogP) is 4.25. The Kier molecular flexibility index (Phi) is 7.13. The van der Waals surface area contributed by atoms with Crippen molar-refractivity contribution < 1.29 is 9.47 Å². The van der Waals surface area contributed by atoms with Crippen molar-refractivity contribution in [3.05, 3.63) is 59.7 Å². The topological polar surface area (TPSA) is 30.5 Å². The Morgan fingerprint density at radius 3 is 1.75 bits per heavy atom. The van der Waals surface area contributed by atoms with Crippen molar-refractivity contribution in [3.63, 3.8) is 0 Å². The van der Waals surface area contributed by atoms with E-state index in [1.807, 2.05) is 24.3 Å². The average Bonchev–Trinajstić information content (AvgIpc) is 2.61. The van der Waals surface area contributed by atoms with Crippen LogP contribution in [0.4, 0.5) is 0 Å². The highest BCUT2D eigenvalue weighted by Crippen LogP contribution is 2.15. The molecule has 0 aliphatic rings. The van der Waals surface area contributed by atoms with Crippen LogP contribution in [0.3, 0.4) is 0 Å². The lowest BCUT2D eigenvalue weighted by molar-refractivity contribution is 0.414. The van der Waals surface area contributed by atoms with E-state index in [1.54, 1.807) is 14.2 Å². The molecular formula is C21H29NO2. The van der Waals surface area contributed by atoms with Gasteiger partial charge in [0.25, 0.3) is 0 Å². The van der Waals surface area contributed by atoms with Crippen LogP contribution < -0.4 is 14.8 Å². The van der Waals surface area contributed by atoms with Crippen molar-refractivity contribution >= 4 is 0 Å². The van der Waals surface area contributed by atoms with Crippen LogP contribution in [0.5, 0.6) is 11.5 Å². The first-order valence-corrected chi connectivity index (χ1v) is 8.62. The van der Waals surface area contributed by atoms with E-state index in [1.165, 1.54) is 11.1 Å². The number of ether oxygens (including phenoxy) is 2. The van der Waals surface area contributed by atoms with Gasteiger partial charge in [0.1, 0.15) is 11.5 Å². The minimum atomic E-state index is 0.448. The molecule has 0 aliphatic heterocycles. The summed E-state index contributed by atoms with van der Waals surface area (Å²) in [5.74, 6) is 1.82. The minimum absolute atomic E-state index is 0.448. The van der Waals surface area contributed by atoms with Crippen molar-refractivity contribution in [2.45, 2.75) is 45.2 Å². The molecule has 0 aromatic heterocycles. The summed E-state index contributed by atoms with van der Waals surface area (Å²) in [6.07, 6.45) is 3.23. The van der Waals surface area contributed by atoms with E-state index in [2.05, 4.69) is 43.4 Å². The summed E-state index contributed by atoms with van der Waals surface area (Å²) >= 11 is 0. The van der Waals surface area contributed by atoms with Gasteiger partial charge in [-0.15, -0.1) is 0 Å². The molecule has 2 unspecified atom stereocenters. The van der Waals surface area contributed by atoms with Gasteiger partial charge in [0, 0.05) is 12.1 Å². The molecule has 3 nitrogen and oxygen atoms in total. The maximum absolute atomic E-state index is 5.20. The molecule has 0 saturated heterocycles. The van der Waals surface area contributed by atoms with Crippen LogP contribution in [-0.2, 0) is 12.8 Å². The molecule has 24 heavy (non-hydrogen) atoms. The molecule has 2 aromatic carbocycles. The Labute approximate surface area is 146 Å². The third-order valence-corrected chi connectivity index (χ3v) is 4.30. The Morgan fingerprint density at radius 2 is 1.25 bits per heavy atom. The number of hydrogen-bond donors (Lipinski definition) is 1. The highest BCUT2D eigenvalue weighted by atomic mass is 16.5. The number of rotatable bonds is 9. The monoisotopic (exact) mass is 327 g/mol. The molecule has 3 heteroatoms. The lowest BCUT2D eigenvalue weighted by Gasteiger charge is -2.20. The summed E-state index contributed by atoms with van der Waals surface area (Å²) in [6, 6.07) is 17.6. The summed E-state index contributed by atoms with van der Waals surface area (Å²) in [5.41, 5.74) is 2.69. The summed E-state index contributed by atoms with van der Waals surface area (Å²) in [4.78, 5) is 0. The maximum atomic E-state index is 5.20. The Hall–Kier alpha value is -2.00. The molecule has 2 aromatic rings. The van der Waals surface area contributed by atoms with Gasteiger partial charge in [0.15, 0.2) is 0 Å². The molecule has 2 atom stereocenters. The van der Waals surface area contributed by atoms with Crippen LogP contribution in [-0.4, -0.2) is 26.3 Å². The van der Waals surface area contributed by atoms with Crippen molar-refractivity contribution in [2.24, 2.45) is 0 Å². The Bertz CT molecular complexity index is 592. The molecule has 2 rings (SSSR count). The van der Waals surface area contributed by atoms with E-state index < -0.39 is 0 Å². The van der Waals surface area contributed by atoms with Gasteiger partial charge in [-0.2, -0.15) is 0 Å². The number of aryl methyl sites for hydroxylation is 1. The van der Waals surface area contributed by atoms with Gasteiger partial charge in [0.2, 0.25) is 0 Å². The standard InChI is InChI=1S/C21H29NO2/c1-16(5-6-18-7-11-20(23-3)12-8-18)22-17(2)15-19-9-13-21(24-4)14-10-19/h7-14,16-17,22H,5-6,15H2,1-4H3. The van der Waals surface area contributed by atoms with E-state index in [0.717, 1.165) is 30.8 Å². The molecule has 0 aliphatic carbocycles. The van der Waals surface area contributed by atoms with Gasteiger partial charge in [-0.1, -0.05) is 24.3 Å². The fourth-order valence-corrected chi connectivity index (χ4v) is 2.92. The molecule has 0 saturated carbocycles. The fourth-order valence-electron chi connectivity index (χ4n) is 2.92. The Balaban J connectivity index is 1.74. The van der Waals surface area contributed by atoms with Crippen molar-refractivity contribution in [3.8, 4) is 11.5 Å². The van der Waals surface area contributed by atoms with Gasteiger partial charge in [-0.05, 0) is 68.5 Å². The predicted molar refractivity (Wildman–Crippen MR) is 100 cm³/mol. The smallest absolute Gasteiger partial charge is 0.118 e. The molecule has 0 heterocycles. The zero-order valence-electron chi connectivity index (χ0n) is 15.2. The third-order valence-electron chi connectivity index (χ3n) is 4.30. The number of hydrogen-bond acceptors (Lipinski definition) is 3. The normalized spacial score (nSPS) is 13.3. The highest BCUT2D eigenvalue weighted by molar-refractivity contribution is 5.28. The zero-order chi connectivity index (χ0) is 17.4. The average molecular weight is 327 g/mol. The van der Waals surface area contributed by atoms with Gasteiger partial charge < -0.3 is 14.8 Å². The second-order valence-electron chi connectivity index (χ2n) is 6.41. The molecule has 0 radical (unpaired) electrons. The summed E-state index contributed by atoms with van der Waals surface area (Å²) < 4.78 is 10.4. The summed E-state index contributed by atoms with van der Waals surface area (Å²) in [7, 11) is 3.40. The van der Waals surface area contributed by atoms with E-state index in [9.17, 15) is 0 Å². The van der Waals surface area contributed by atoms with E-state index in [-0.39, 0.29) is 0 Å². The van der Waals surface area contributed by atoms with Crippen LogP contribution >= 0.6 is 0 Å². The first kappa shape index (κ1) is 18.3. The molecule has 0 bridgehead atoms. The van der Waals surface area contributed by atoms with Crippen molar-refractivity contribution in [1.82, 2.24) is 5.32 Å². The molecule has 0 fully saturated rings. The van der Waals surface area contributed by atoms with Crippen molar-refractivity contribution in [2.75, 3.05) is 14.2 Å². The number of methoxy groups -OCH3 is 2. The molecular weight excluding hydrogens is 298 g/mol. The maximum Gasteiger partial charge on any atom is 0.118 e. The largest absolute Gasteiger partial charge is 0.497 e. The lowest BCUT2D eigenvalue weighted by Crippen LogP contribution is -2.36. The van der Waals surface area contributed by atoms with Crippen LogP contribution in [0.1, 0.15) is 31.4 Å². The second-order valence-corrected chi connectivity index (χ2v) is 6.41. The van der Waals surface area contributed by atoms with Gasteiger partial charge in [-0.25, -0.2) is 0 Å². The second kappa shape index (κ2) is 9.33. The quantitative estimate of drug-likeness (QED) is 0.747. The number of nitrogens with one attached hydrogen (secondary N) is 1. The van der Waals surface area contributed by atoms with Crippen LogP contribution in [0, 0.1) is 0 Å². The molecule has 0 amide bonds. The molecule has 130 valence electrons. The van der Waals surface area contributed by atoms with Crippen LogP contribution in [0.25, 0.3) is 0 Å². The SMILES string of the molecule is COc1ccc(CCC(C)NC(C)Cc2ccc(OC)cc2)cc1. The van der Waals surface area contributed by atoms with Crippen LogP contribution in [0.2, 0.25) is 0 Å². The zero-order valence-corrected chi connectivity index (χ0v) is 15.2. The summed E-state index contributed by atoms with van der Waals surface area (Å²) in [6.45, 7) is 4.50. The minimum Gasteiger partial charge on any atom is -0.497 e. The van der Waals surface area contributed by atoms with E-state index in [4.69, 9.17) is 9.47 Å². The first-order chi connectivity index (χ1) is 11.6. The van der Waals surface area contributed by atoms with Gasteiger partial charge in [-0.3, -0.25) is 0 Å². The van der Waals surface area contributed by atoms with Crippen LogP contribution in [0.15, 0.2) is 48.5 Å². The van der Waals surface area contributed by atoms with E-state index >= 15 is 0 Å². The van der Waals surface area contributed by atoms with Gasteiger partial charge >= 0.3 is 0 Å². The summed E-state index contributed by atoms with van der Waals surface area (Å²) in [5, 5.41) is 3.69. The van der Waals surface area contributed by atoms with Gasteiger partial charge in [0.05, 0.1) is 14.2 Å².